The molecule has 1 aromatic heterocycles. The van der Waals surface area contributed by atoms with Gasteiger partial charge in [0.2, 0.25) is 11.8 Å². The van der Waals surface area contributed by atoms with Gasteiger partial charge in [0, 0.05) is 42.6 Å². The van der Waals surface area contributed by atoms with Gasteiger partial charge in [0.15, 0.2) is 0 Å². The lowest BCUT2D eigenvalue weighted by atomic mass is 9.78. The minimum atomic E-state index is -0.278. The maximum Gasteiger partial charge on any atom is 0.226 e. The zero-order valence-corrected chi connectivity index (χ0v) is 21.6. The van der Waals surface area contributed by atoms with Crippen LogP contribution >= 0.6 is 11.6 Å². The first kappa shape index (κ1) is 23.8. The lowest BCUT2D eigenvalue weighted by Gasteiger charge is -2.43. The molecule has 3 fully saturated rings. The number of amides is 2. The summed E-state index contributed by atoms with van der Waals surface area (Å²) in [5, 5.41) is 11.3. The Morgan fingerprint density at radius 2 is 2.11 bits per heavy atom. The van der Waals surface area contributed by atoms with Crippen molar-refractivity contribution in [2.45, 2.75) is 70.9 Å². The summed E-state index contributed by atoms with van der Waals surface area (Å²) in [6.07, 6.45) is 9.51. The standard InChI is InChI=1S/C27H34ClN5O3/c1-17-4-2-3-5-19(17)26(35)33-11-8-20-21(28)6-7-23(36-15-18-13-29-31-30-18)25(20)22(33)14-32-16-27(9-10-27)12-24(32)34/h6-7,13,17,19,22H,2-5,8-12,14-16H2,1H3,(H,29,30,31)/t17?,19-,22-/m1/s1. The van der Waals surface area contributed by atoms with Crippen molar-refractivity contribution in [2.24, 2.45) is 17.3 Å². The van der Waals surface area contributed by atoms with Crippen LogP contribution in [0.4, 0.5) is 0 Å². The molecule has 2 aliphatic heterocycles. The molecule has 8 nitrogen and oxygen atoms in total. The first-order valence-corrected chi connectivity index (χ1v) is 13.7. The van der Waals surface area contributed by atoms with Gasteiger partial charge >= 0.3 is 0 Å². The third-order valence-corrected chi connectivity index (χ3v) is 9.23. The smallest absolute Gasteiger partial charge is 0.226 e. The van der Waals surface area contributed by atoms with Gasteiger partial charge in [-0.25, -0.2) is 0 Å². The number of aromatic amines is 1. The highest BCUT2D eigenvalue weighted by Gasteiger charge is 2.52. The van der Waals surface area contributed by atoms with E-state index in [-0.39, 0.29) is 35.8 Å². The third kappa shape index (κ3) is 4.38. The molecule has 192 valence electrons. The van der Waals surface area contributed by atoms with Crippen LogP contribution in [-0.2, 0) is 22.6 Å². The van der Waals surface area contributed by atoms with Gasteiger partial charge in [-0.1, -0.05) is 31.4 Å². The van der Waals surface area contributed by atoms with Gasteiger partial charge in [0.25, 0.3) is 0 Å². The van der Waals surface area contributed by atoms with E-state index in [9.17, 15) is 9.59 Å². The normalized spacial score (nSPS) is 26.8. The largest absolute Gasteiger partial charge is 0.487 e. The lowest BCUT2D eigenvalue weighted by molar-refractivity contribution is -0.143. The highest BCUT2D eigenvalue weighted by Crippen LogP contribution is 2.54. The molecule has 4 aliphatic rings. The van der Waals surface area contributed by atoms with Crippen LogP contribution in [0.15, 0.2) is 18.3 Å². The molecular weight excluding hydrogens is 478 g/mol. The van der Waals surface area contributed by atoms with E-state index >= 15 is 0 Å². The van der Waals surface area contributed by atoms with E-state index in [1.165, 1.54) is 6.42 Å². The van der Waals surface area contributed by atoms with E-state index in [2.05, 4.69) is 22.3 Å². The molecule has 2 saturated carbocycles. The number of H-pyrrole nitrogens is 1. The summed E-state index contributed by atoms with van der Waals surface area (Å²) in [5.74, 6) is 1.52. The van der Waals surface area contributed by atoms with Crippen molar-refractivity contribution < 1.29 is 14.3 Å². The number of likely N-dealkylation sites (tertiary alicyclic amines) is 1. The quantitative estimate of drug-likeness (QED) is 0.624. The highest BCUT2D eigenvalue weighted by atomic mass is 35.5. The maximum atomic E-state index is 14.0. The van der Waals surface area contributed by atoms with Gasteiger partial charge in [0.1, 0.15) is 18.1 Å². The second kappa shape index (κ2) is 9.36. The van der Waals surface area contributed by atoms with Crippen molar-refractivity contribution >= 4 is 23.4 Å². The van der Waals surface area contributed by atoms with Crippen LogP contribution in [0.5, 0.6) is 5.75 Å². The van der Waals surface area contributed by atoms with E-state index in [0.717, 1.165) is 49.8 Å². The summed E-state index contributed by atoms with van der Waals surface area (Å²) >= 11 is 6.71. The van der Waals surface area contributed by atoms with Gasteiger partial charge in [0.05, 0.1) is 12.2 Å². The van der Waals surface area contributed by atoms with Gasteiger partial charge in [-0.05, 0) is 61.1 Å². The first-order chi connectivity index (χ1) is 17.4. The average molecular weight is 512 g/mol. The Labute approximate surface area is 216 Å². The van der Waals surface area contributed by atoms with Crippen molar-refractivity contribution in [1.29, 1.82) is 0 Å². The topological polar surface area (TPSA) is 91.4 Å². The molecule has 2 aromatic rings. The molecule has 36 heavy (non-hydrogen) atoms. The Kier molecular flexibility index (Phi) is 6.18. The number of carbonyl (C=O) groups excluding carboxylic acids is 2. The summed E-state index contributed by atoms with van der Waals surface area (Å²) in [4.78, 5) is 31.1. The number of aromatic nitrogens is 3. The second-order valence-corrected chi connectivity index (χ2v) is 11.7. The number of carbonyl (C=O) groups is 2. The Bertz CT molecular complexity index is 1150. The summed E-state index contributed by atoms with van der Waals surface area (Å²) in [5.41, 5.74) is 2.83. The zero-order chi connectivity index (χ0) is 24.9. The molecule has 9 heteroatoms. The van der Waals surface area contributed by atoms with Gasteiger partial charge in [-0.2, -0.15) is 15.4 Å². The van der Waals surface area contributed by atoms with Gasteiger partial charge in [-0.3, -0.25) is 9.59 Å². The molecule has 0 bridgehead atoms. The van der Waals surface area contributed by atoms with E-state index in [0.29, 0.717) is 48.3 Å². The first-order valence-electron chi connectivity index (χ1n) is 13.3. The van der Waals surface area contributed by atoms with Crippen LogP contribution in [-0.4, -0.2) is 56.7 Å². The van der Waals surface area contributed by atoms with Crippen molar-refractivity contribution in [1.82, 2.24) is 25.2 Å². The SMILES string of the molecule is CC1CCCC[C@H]1C(=O)N1CCc2c(Cl)ccc(OCc3cn[nH]n3)c2[C@H]1CN1CC2(CC2)CC1=O. The van der Waals surface area contributed by atoms with Crippen LogP contribution in [0, 0.1) is 17.3 Å². The van der Waals surface area contributed by atoms with Crippen LogP contribution in [0.25, 0.3) is 0 Å². The molecule has 1 saturated heterocycles. The van der Waals surface area contributed by atoms with Gasteiger partial charge in [-0.15, -0.1) is 0 Å². The molecular formula is C27H34ClN5O3. The molecule has 3 atom stereocenters. The summed E-state index contributed by atoms with van der Waals surface area (Å²) < 4.78 is 6.25. The number of nitrogens with zero attached hydrogens (tertiary/aromatic N) is 4. The fourth-order valence-electron chi connectivity index (χ4n) is 6.57. The molecule has 1 N–H and O–H groups in total. The van der Waals surface area contributed by atoms with E-state index in [1.54, 1.807) is 6.20 Å². The summed E-state index contributed by atoms with van der Waals surface area (Å²) in [6.45, 7) is 4.35. The predicted octanol–water partition coefficient (Wildman–Crippen LogP) is 4.30. The molecule has 2 amide bonds. The fourth-order valence-corrected chi connectivity index (χ4v) is 6.83. The minimum Gasteiger partial charge on any atom is -0.487 e. The van der Waals surface area contributed by atoms with Crippen molar-refractivity contribution in [2.75, 3.05) is 19.6 Å². The monoisotopic (exact) mass is 511 g/mol. The Morgan fingerprint density at radius 3 is 2.83 bits per heavy atom. The van der Waals surface area contributed by atoms with Crippen LogP contribution in [0.1, 0.15) is 74.7 Å². The Morgan fingerprint density at radius 1 is 1.28 bits per heavy atom. The summed E-state index contributed by atoms with van der Waals surface area (Å²) in [6, 6.07) is 3.48. The number of nitrogens with one attached hydrogen (secondary N) is 1. The molecule has 2 aliphatic carbocycles. The van der Waals surface area contributed by atoms with Crippen LogP contribution in [0.2, 0.25) is 5.02 Å². The fraction of sp³-hybridized carbons (Fsp3) is 0.630. The molecule has 1 unspecified atom stereocenters. The number of rotatable bonds is 6. The number of benzene rings is 1. The van der Waals surface area contributed by atoms with Crippen molar-refractivity contribution in [3.05, 3.63) is 40.2 Å². The lowest BCUT2D eigenvalue weighted by Crippen LogP contribution is -2.49. The number of halogens is 1. The zero-order valence-electron chi connectivity index (χ0n) is 20.8. The number of ether oxygens (including phenoxy) is 1. The molecule has 6 rings (SSSR count). The van der Waals surface area contributed by atoms with E-state index in [4.69, 9.17) is 16.3 Å². The molecule has 1 spiro atoms. The van der Waals surface area contributed by atoms with E-state index in [1.807, 2.05) is 21.9 Å². The maximum absolute atomic E-state index is 14.0. The van der Waals surface area contributed by atoms with Crippen molar-refractivity contribution in [3.8, 4) is 5.75 Å². The second-order valence-electron chi connectivity index (χ2n) is 11.3. The minimum absolute atomic E-state index is 0.0329. The van der Waals surface area contributed by atoms with Crippen LogP contribution < -0.4 is 4.74 Å². The van der Waals surface area contributed by atoms with Crippen LogP contribution in [0.3, 0.4) is 0 Å². The Hall–Kier alpha value is -2.61. The molecule has 3 heterocycles. The molecule has 0 radical (unpaired) electrons. The number of fused-ring (bicyclic) bond motifs is 1. The highest BCUT2D eigenvalue weighted by molar-refractivity contribution is 6.31. The Balaban J connectivity index is 1.35. The van der Waals surface area contributed by atoms with Crippen molar-refractivity contribution in [3.63, 3.8) is 0 Å². The number of hydrogen-bond acceptors (Lipinski definition) is 5. The molecule has 1 aromatic carbocycles. The van der Waals surface area contributed by atoms with E-state index < -0.39 is 0 Å². The van der Waals surface area contributed by atoms with Gasteiger partial charge < -0.3 is 14.5 Å². The average Bonchev–Trinajstić information content (AvgIpc) is 3.27. The third-order valence-electron chi connectivity index (χ3n) is 8.88. The predicted molar refractivity (Wildman–Crippen MR) is 134 cm³/mol. The summed E-state index contributed by atoms with van der Waals surface area (Å²) in [7, 11) is 0. The number of hydrogen-bond donors (Lipinski definition) is 1.